The predicted octanol–water partition coefficient (Wildman–Crippen LogP) is 6.04. The lowest BCUT2D eigenvalue weighted by Gasteiger charge is -2.23. The maximum absolute atomic E-state index is 13.5. The second kappa shape index (κ2) is 13.1. The van der Waals surface area contributed by atoms with Gasteiger partial charge in [-0.1, -0.05) is 25.5 Å². The number of unbranched alkanes of at least 4 members (excludes halogenated alkanes) is 1. The van der Waals surface area contributed by atoms with E-state index in [1.165, 1.54) is 34.7 Å². The van der Waals surface area contributed by atoms with Crippen LogP contribution in [0, 0.1) is 5.82 Å². The molecule has 0 aliphatic carbocycles. The van der Waals surface area contributed by atoms with E-state index in [0.717, 1.165) is 19.3 Å². The van der Waals surface area contributed by atoms with Gasteiger partial charge in [-0.2, -0.15) is 0 Å². The molecule has 0 aliphatic rings. The molecule has 0 unspecified atom stereocenters. The third kappa shape index (κ3) is 7.84. The van der Waals surface area contributed by atoms with Gasteiger partial charge in [0.15, 0.2) is 0 Å². The lowest BCUT2D eigenvalue weighted by atomic mass is 10.1. The molecule has 0 aliphatic heterocycles. The number of hydrogen-bond donors (Lipinski definition) is 2. The minimum atomic E-state index is -0.393. The molecule has 184 valence electrons. The van der Waals surface area contributed by atoms with Crippen LogP contribution in [0.4, 0.5) is 20.6 Å². The molecule has 2 N–H and O–H groups in total. The molecule has 3 rings (SSSR count). The maximum Gasteiger partial charge on any atom is 0.326 e. The van der Waals surface area contributed by atoms with E-state index in [0.29, 0.717) is 29.3 Å². The summed E-state index contributed by atoms with van der Waals surface area (Å²) in [5, 5.41) is 5.70. The third-order valence-electron chi connectivity index (χ3n) is 5.46. The van der Waals surface area contributed by atoms with E-state index in [1.807, 2.05) is 31.2 Å². The fourth-order valence-corrected chi connectivity index (χ4v) is 3.55. The highest BCUT2D eigenvalue weighted by atomic mass is 19.1. The molecule has 0 fully saturated rings. The first-order valence-electron chi connectivity index (χ1n) is 11.9. The van der Waals surface area contributed by atoms with Crippen molar-refractivity contribution in [3.8, 4) is 5.75 Å². The number of urea groups is 1. The van der Waals surface area contributed by atoms with Crippen LogP contribution in [0.1, 0.15) is 42.6 Å². The summed E-state index contributed by atoms with van der Waals surface area (Å²) in [5.74, 6) is 0.108. The van der Waals surface area contributed by atoms with Crippen molar-refractivity contribution >= 4 is 23.3 Å². The van der Waals surface area contributed by atoms with Crippen LogP contribution in [0.15, 0.2) is 72.8 Å². The minimum absolute atomic E-state index is 0.203. The van der Waals surface area contributed by atoms with E-state index < -0.39 is 11.8 Å². The van der Waals surface area contributed by atoms with Crippen LogP contribution < -0.4 is 20.3 Å². The molecule has 3 aromatic rings. The summed E-state index contributed by atoms with van der Waals surface area (Å²) in [4.78, 5) is 27.1. The molecule has 0 aromatic heterocycles. The van der Waals surface area contributed by atoms with Crippen molar-refractivity contribution in [1.82, 2.24) is 5.32 Å². The molecular formula is C28H32FN3O3. The molecule has 7 heteroatoms. The fourth-order valence-electron chi connectivity index (χ4n) is 3.55. The van der Waals surface area contributed by atoms with Gasteiger partial charge in [0.2, 0.25) is 0 Å². The van der Waals surface area contributed by atoms with E-state index >= 15 is 0 Å². The van der Waals surface area contributed by atoms with Gasteiger partial charge in [0, 0.05) is 30.0 Å². The maximum atomic E-state index is 13.5. The molecule has 3 amide bonds. The number of nitrogens with zero attached hydrogens (tertiary/aromatic N) is 1. The fraction of sp³-hybridized carbons (Fsp3) is 0.286. The Labute approximate surface area is 206 Å². The molecule has 0 saturated carbocycles. The highest BCUT2D eigenvalue weighted by Crippen LogP contribution is 2.19. The van der Waals surface area contributed by atoms with Crippen molar-refractivity contribution in [2.24, 2.45) is 0 Å². The third-order valence-corrected chi connectivity index (χ3v) is 5.46. The van der Waals surface area contributed by atoms with Crippen LogP contribution in [0.3, 0.4) is 0 Å². The normalized spacial score (nSPS) is 10.5. The average Bonchev–Trinajstić information content (AvgIpc) is 2.87. The highest BCUT2D eigenvalue weighted by molar-refractivity contribution is 6.02. The Morgan fingerprint density at radius 1 is 0.914 bits per heavy atom. The van der Waals surface area contributed by atoms with Gasteiger partial charge < -0.3 is 15.4 Å². The van der Waals surface area contributed by atoms with Gasteiger partial charge in [-0.3, -0.25) is 9.69 Å². The van der Waals surface area contributed by atoms with Gasteiger partial charge in [-0.05, 0) is 86.0 Å². The Kier molecular flexibility index (Phi) is 9.66. The average molecular weight is 478 g/mol. The zero-order chi connectivity index (χ0) is 25.0. The number of carbonyl (C=O) groups excluding carboxylic acids is 2. The van der Waals surface area contributed by atoms with E-state index in [9.17, 15) is 14.0 Å². The van der Waals surface area contributed by atoms with Gasteiger partial charge in [0.25, 0.3) is 5.91 Å². The molecule has 0 atom stereocenters. The second-order valence-corrected chi connectivity index (χ2v) is 8.07. The topological polar surface area (TPSA) is 70.7 Å². The molecule has 0 spiro atoms. The molecule has 6 nitrogen and oxygen atoms in total. The van der Waals surface area contributed by atoms with Crippen LogP contribution in [0.2, 0.25) is 0 Å². The molecule has 0 bridgehead atoms. The lowest BCUT2D eigenvalue weighted by Crippen LogP contribution is -2.41. The number of rotatable bonds is 11. The van der Waals surface area contributed by atoms with E-state index in [1.54, 1.807) is 24.3 Å². The summed E-state index contributed by atoms with van der Waals surface area (Å²) in [6.45, 7) is 5.03. The van der Waals surface area contributed by atoms with Gasteiger partial charge >= 0.3 is 6.03 Å². The van der Waals surface area contributed by atoms with Crippen molar-refractivity contribution < 1.29 is 18.7 Å². The summed E-state index contributed by atoms with van der Waals surface area (Å²) < 4.78 is 18.9. The lowest BCUT2D eigenvalue weighted by molar-refractivity contribution is 0.0954. The Morgan fingerprint density at radius 2 is 1.60 bits per heavy atom. The Balaban J connectivity index is 1.63. The van der Waals surface area contributed by atoms with Crippen LogP contribution >= 0.6 is 0 Å². The number of halogens is 1. The van der Waals surface area contributed by atoms with Crippen LogP contribution in [-0.4, -0.2) is 31.6 Å². The number of ether oxygens (including phenoxy) is 1. The van der Waals surface area contributed by atoms with Crippen LogP contribution in [0.5, 0.6) is 5.75 Å². The molecule has 0 radical (unpaired) electrons. The molecule has 3 aromatic carbocycles. The van der Waals surface area contributed by atoms with Crippen molar-refractivity contribution in [3.63, 3.8) is 0 Å². The number of benzene rings is 3. The largest absolute Gasteiger partial charge is 0.494 e. The van der Waals surface area contributed by atoms with E-state index in [4.69, 9.17) is 4.74 Å². The number of amides is 3. The van der Waals surface area contributed by atoms with Crippen molar-refractivity contribution in [2.45, 2.75) is 33.1 Å². The monoisotopic (exact) mass is 477 g/mol. The zero-order valence-electron chi connectivity index (χ0n) is 20.2. The Bertz CT molecular complexity index is 1080. The standard InChI is InChI=1S/C28H32FN3O3/c1-3-5-6-21-7-9-22(10-8-21)27(33)30-19-20-32(25-15-11-23(29)12-16-25)28(34)31-24-13-17-26(18-14-24)35-4-2/h7-18H,3-6,19-20H2,1-2H3,(H,30,33)(H,31,34). The molecule has 0 heterocycles. The quantitative estimate of drug-likeness (QED) is 0.354. The minimum Gasteiger partial charge on any atom is -0.494 e. The number of anilines is 2. The van der Waals surface area contributed by atoms with Crippen LogP contribution in [-0.2, 0) is 6.42 Å². The second-order valence-electron chi connectivity index (χ2n) is 8.07. The Morgan fingerprint density at radius 3 is 2.23 bits per heavy atom. The van der Waals surface area contributed by atoms with E-state index in [-0.39, 0.29) is 19.0 Å². The van der Waals surface area contributed by atoms with E-state index in [2.05, 4.69) is 17.6 Å². The number of carbonyl (C=O) groups is 2. The van der Waals surface area contributed by atoms with Gasteiger partial charge in [0.05, 0.1) is 6.61 Å². The van der Waals surface area contributed by atoms with Gasteiger partial charge in [-0.15, -0.1) is 0 Å². The van der Waals surface area contributed by atoms with Crippen molar-refractivity contribution in [1.29, 1.82) is 0 Å². The summed E-state index contributed by atoms with van der Waals surface area (Å²) in [6.07, 6.45) is 3.23. The van der Waals surface area contributed by atoms with Gasteiger partial charge in [-0.25, -0.2) is 9.18 Å². The molecule has 0 saturated heterocycles. The first kappa shape index (κ1) is 25.7. The summed E-state index contributed by atoms with van der Waals surface area (Å²) in [7, 11) is 0. The van der Waals surface area contributed by atoms with Crippen LogP contribution in [0.25, 0.3) is 0 Å². The molecule has 35 heavy (non-hydrogen) atoms. The molecular weight excluding hydrogens is 445 g/mol. The zero-order valence-corrected chi connectivity index (χ0v) is 20.2. The first-order valence-corrected chi connectivity index (χ1v) is 11.9. The summed E-state index contributed by atoms with van der Waals surface area (Å²) in [5.41, 5.74) is 2.89. The van der Waals surface area contributed by atoms with Crippen molar-refractivity contribution in [3.05, 3.63) is 89.7 Å². The predicted molar refractivity (Wildman–Crippen MR) is 138 cm³/mol. The number of nitrogens with one attached hydrogen (secondary N) is 2. The first-order chi connectivity index (χ1) is 17.0. The van der Waals surface area contributed by atoms with Gasteiger partial charge in [0.1, 0.15) is 11.6 Å². The van der Waals surface area contributed by atoms with Crippen molar-refractivity contribution in [2.75, 3.05) is 29.9 Å². The highest BCUT2D eigenvalue weighted by Gasteiger charge is 2.17. The SMILES string of the molecule is CCCCc1ccc(C(=O)NCCN(C(=O)Nc2ccc(OCC)cc2)c2ccc(F)cc2)cc1. The Hall–Kier alpha value is -3.87. The number of hydrogen-bond acceptors (Lipinski definition) is 3. The summed E-state index contributed by atoms with van der Waals surface area (Å²) >= 11 is 0. The summed E-state index contributed by atoms with van der Waals surface area (Å²) in [6, 6.07) is 19.9. The smallest absolute Gasteiger partial charge is 0.326 e. The number of aryl methyl sites for hydroxylation is 1.